The summed E-state index contributed by atoms with van der Waals surface area (Å²) in [7, 11) is 0. The number of rotatable bonds is 3. The number of thiophene rings is 1. The molecule has 0 spiro atoms. The molecule has 0 amide bonds. The van der Waals surface area contributed by atoms with Crippen molar-refractivity contribution in [2.24, 2.45) is 0 Å². The molecule has 15 heavy (non-hydrogen) atoms. The highest BCUT2D eigenvalue weighted by Gasteiger charge is 2.22. The van der Waals surface area contributed by atoms with E-state index in [0.717, 1.165) is 30.1 Å². The van der Waals surface area contributed by atoms with Crippen LogP contribution < -0.4 is 5.32 Å². The molecule has 0 aliphatic heterocycles. The molecule has 0 aromatic carbocycles. The molecule has 84 valence electrons. The summed E-state index contributed by atoms with van der Waals surface area (Å²) in [4.78, 5) is 1.23. The van der Waals surface area contributed by atoms with Gasteiger partial charge in [0.2, 0.25) is 0 Å². The Labute approximate surface area is 99.3 Å². The van der Waals surface area contributed by atoms with Gasteiger partial charge in [-0.2, -0.15) is 0 Å². The molecule has 0 saturated heterocycles. The maximum Gasteiger partial charge on any atom is 0.0931 e. The molecule has 1 fully saturated rings. The van der Waals surface area contributed by atoms with Crippen molar-refractivity contribution in [1.29, 1.82) is 0 Å². The lowest BCUT2D eigenvalue weighted by molar-refractivity contribution is 0.0904. The van der Waals surface area contributed by atoms with Crippen molar-refractivity contribution in [2.75, 3.05) is 0 Å². The van der Waals surface area contributed by atoms with Crippen LogP contribution in [0.25, 0.3) is 0 Å². The molecule has 0 radical (unpaired) electrons. The average molecular weight is 246 g/mol. The first-order chi connectivity index (χ1) is 7.25. The Hall–Kier alpha value is -0.0900. The second-order valence-electron chi connectivity index (χ2n) is 4.05. The molecule has 0 bridgehead atoms. The van der Waals surface area contributed by atoms with Crippen molar-refractivity contribution in [1.82, 2.24) is 5.32 Å². The third-order valence-corrected chi connectivity index (χ3v) is 4.13. The summed E-state index contributed by atoms with van der Waals surface area (Å²) in [5, 5.41) is 13.2. The van der Waals surface area contributed by atoms with Crippen LogP contribution in [-0.4, -0.2) is 17.3 Å². The van der Waals surface area contributed by atoms with Crippen molar-refractivity contribution in [2.45, 2.75) is 44.4 Å². The Balaban J connectivity index is 1.81. The largest absolute Gasteiger partial charge is 0.392 e. The summed E-state index contributed by atoms with van der Waals surface area (Å²) in [6.07, 6.45) is 4.22. The van der Waals surface area contributed by atoms with Crippen LogP contribution in [0.1, 0.15) is 30.6 Å². The topological polar surface area (TPSA) is 32.3 Å². The summed E-state index contributed by atoms with van der Waals surface area (Å²) in [6, 6.07) is 4.22. The van der Waals surface area contributed by atoms with Crippen LogP contribution in [0.2, 0.25) is 4.34 Å². The van der Waals surface area contributed by atoms with Crippen molar-refractivity contribution in [3.8, 4) is 0 Å². The van der Waals surface area contributed by atoms with Gasteiger partial charge < -0.3 is 10.4 Å². The molecule has 0 unspecified atom stereocenters. The first-order valence-corrected chi connectivity index (χ1v) is 6.61. The molecule has 1 aromatic heterocycles. The van der Waals surface area contributed by atoms with Gasteiger partial charge in [-0.25, -0.2) is 0 Å². The van der Waals surface area contributed by atoms with Crippen molar-refractivity contribution < 1.29 is 5.11 Å². The van der Waals surface area contributed by atoms with Crippen molar-refractivity contribution >= 4 is 22.9 Å². The predicted molar refractivity (Wildman–Crippen MR) is 64.4 cm³/mol. The Morgan fingerprint density at radius 2 is 2.20 bits per heavy atom. The number of nitrogens with one attached hydrogen (secondary N) is 1. The monoisotopic (exact) mass is 245 g/mol. The van der Waals surface area contributed by atoms with Gasteiger partial charge in [0, 0.05) is 17.5 Å². The van der Waals surface area contributed by atoms with E-state index in [4.69, 9.17) is 11.6 Å². The van der Waals surface area contributed by atoms with Crippen molar-refractivity contribution in [3.63, 3.8) is 0 Å². The number of halogens is 1. The van der Waals surface area contributed by atoms with Gasteiger partial charge in [0.25, 0.3) is 0 Å². The second kappa shape index (κ2) is 5.30. The molecular formula is C11H16ClNOS. The minimum absolute atomic E-state index is 0.172. The normalized spacial score (nSPS) is 26.8. The first-order valence-electron chi connectivity index (χ1n) is 5.41. The fourth-order valence-electron chi connectivity index (χ4n) is 2.03. The summed E-state index contributed by atoms with van der Waals surface area (Å²) in [5.74, 6) is 0. The second-order valence-corrected chi connectivity index (χ2v) is 5.84. The van der Waals surface area contributed by atoms with Crippen LogP contribution >= 0.6 is 22.9 Å². The fourth-order valence-corrected chi connectivity index (χ4v) is 3.07. The van der Waals surface area contributed by atoms with Crippen LogP contribution in [0.3, 0.4) is 0 Å². The smallest absolute Gasteiger partial charge is 0.0931 e. The van der Waals surface area contributed by atoms with E-state index in [1.165, 1.54) is 11.3 Å². The molecule has 1 heterocycles. The molecule has 2 atom stereocenters. The zero-order chi connectivity index (χ0) is 10.7. The maximum absolute atomic E-state index is 9.77. The van der Waals surface area contributed by atoms with Gasteiger partial charge in [0.1, 0.15) is 0 Å². The Kier molecular flexibility index (Phi) is 4.03. The Bertz CT molecular complexity index is 315. The summed E-state index contributed by atoms with van der Waals surface area (Å²) in [6.45, 7) is 0.819. The van der Waals surface area contributed by atoms with Gasteiger partial charge in [-0.05, 0) is 25.0 Å². The summed E-state index contributed by atoms with van der Waals surface area (Å²) >= 11 is 7.45. The van der Waals surface area contributed by atoms with E-state index in [1.54, 1.807) is 11.3 Å². The highest BCUT2D eigenvalue weighted by atomic mass is 35.5. The SMILES string of the molecule is O[C@H]1CCCC[C@H]1NCc1ccc(Cl)s1. The van der Waals surface area contributed by atoms with Gasteiger partial charge in [-0.1, -0.05) is 24.4 Å². The van der Waals surface area contributed by atoms with Crippen LogP contribution in [0.5, 0.6) is 0 Å². The third-order valence-electron chi connectivity index (χ3n) is 2.90. The van der Waals surface area contributed by atoms with E-state index < -0.39 is 0 Å². The zero-order valence-electron chi connectivity index (χ0n) is 8.58. The highest BCUT2D eigenvalue weighted by molar-refractivity contribution is 7.16. The Morgan fingerprint density at radius 3 is 2.87 bits per heavy atom. The molecule has 2 rings (SSSR count). The average Bonchev–Trinajstić information content (AvgIpc) is 2.63. The number of hydrogen-bond acceptors (Lipinski definition) is 3. The van der Waals surface area contributed by atoms with E-state index in [1.807, 2.05) is 12.1 Å². The maximum atomic E-state index is 9.77. The molecule has 2 N–H and O–H groups in total. The van der Waals surface area contributed by atoms with Crippen LogP contribution in [0.15, 0.2) is 12.1 Å². The van der Waals surface area contributed by atoms with E-state index in [-0.39, 0.29) is 12.1 Å². The lowest BCUT2D eigenvalue weighted by atomic mass is 9.92. The molecule has 2 nitrogen and oxygen atoms in total. The van der Waals surface area contributed by atoms with Crippen LogP contribution in [0, 0.1) is 0 Å². The number of hydrogen-bond donors (Lipinski definition) is 2. The lowest BCUT2D eigenvalue weighted by Gasteiger charge is -2.28. The predicted octanol–water partition coefficient (Wildman–Crippen LogP) is 2.79. The van der Waals surface area contributed by atoms with Crippen LogP contribution in [0.4, 0.5) is 0 Å². The van der Waals surface area contributed by atoms with E-state index in [2.05, 4.69) is 5.32 Å². The van der Waals surface area contributed by atoms with Crippen molar-refractivity contribution in [3.05, 3.63) is 21.3 Å². The van der Waals surface area contributed by atoms with Gasteiger partial charge in [0.15, 0.2) is 0 Å². The molecule has 4 heteroatoms. The van der Waals surface area contributed by atoms with Gasteiger partial charge >= 0.3 is 0 Å². The summed E-state index contributed by atoms with van der Waals surface area (Å²) < 4.78 is 0.830. The minimum atomic E-state index is -0.172. The lowest BCUT2D eigenvalue weighted by Crippen LogP contribution is -2.41. The van der Waals surface area contributed by atoms with Gasteiger partial charge in [-0.3, -0.25) is 0 Å². The molecule has 1 aromatic rings. The molecular weight excluding hydrogens is 230 g/mol. The quantitative estimate of drug-likeness (QED) is 0.859. The third kappa shape index (κ3) is 3.18. The molecule has 1 aliphatic carbocycles. The summed E-state index contributed by atoms with van der Waals surface area (Å²) in [5.41, 5.74) is 0. The van der Waals surface area contributed by atoms with Gasteiger partial charge in [-0.15, -0.1) is 11.3 Å². The van der Waals surface area contributed by atoms with Crippen LogP contribution in [-0.2, 0) is 6.54 Å². The highest BCUT2D eigenvalue weighted by Crippen LogP contribution is 2.23. The standard InChI is InChI=1S/C11H16ClNOS/c12-11-6-5-8(15-11)7-13-9-3-1-2-4-10(9)14/h5-6,9-10,13-14H,1-4,7H2/t9-,10+/m1/s1. The van der Waals surface area contributed by atoms with Gasteiger partial charge in [0.05, 0.1) is 10.4 Å². The molecule has 1 saturated carbocycles. The molecule has 1 aliphatic rings. The first kappa shape index (κ1) is 11.4. The zero-order valence-corrected chi connectivity index (χ0v) is 10.2. The number of aliphatic hydroxyl groups excluding tert-OH is 1. The van der Waals surface area contributed by atoms with E-state index in [9.17, 15) is 5.11 Å². The van der Waals surface area contributed by atoms with E-state index >= 15 is 0 Å². The fraction of sp³-hybridized carbons (Fsp3) is 0.636. The minimum Gasteiger partial charge on any atom is -0.392 e. The number of aliphatic hydroxyl groups is 1. The van der Waals surface area contributed by atoms with E-state index in [0.29, 0.717) is 0 Å². The Morgan fingerprint density at radius 1 is 1.40 bits per heavy atom.